The van der Waals surface area contributed by atoms with Gasteiger partial charge in [-0.3, -0.25) is 0 Å². The van der Waals surface area contributed by atoms with Gasteiger partial charge in [-0.15, -0.1) is 0 Å². The monoisotopic (exact) mass is 310 g/mol. The highest BCUT2D eigenvalue weighted by molar-refractivity contribution is 5.78. The van der Waals surface area contributed by atoms with Crippen molar-refractivity contribution in [3.8, 4) is 17.9 Å². The second-order valence-electron chi connectivity index (χ2n) is 4.70. The fraction of sp³-hybridized carbons (Fsp3) is 0.357. The summed E-state index contributed by atoms with van der Waals surface area (Å²) in [7, 11) is 0. The van der Waals surface area contributed by atoms with Crippen LogP contribution in [0.3, 0.4) is 0 Å². The van der Waals surface area contributed by atoms with Crippen LogP contribution >= 0.6 is 0 Å². The smallest absolute Gasteiger partial charge is 0.417 e. The number of alkyl halides is 3. The molecule has 0 N–H and O–H groups in total. The van der Waals surface area contributed by atoms with Crippen LogP contribution in [-0.2, 0) is 15.7 Å². The van der Waals surface area contributed by atoms with Crippen LogP contribution < -0.4 is 4.74 Å². The number of benzene rings is 1. The maximum absolute atomic E-state index is 12.9. The molecule has 1 aromatic carbocycles. The maximum Gasteiger partial charge on any atom is 0.417 e. The molecule has 8 heteroatoms. The first-order valence-electron chi connectivity index (χ1n) is 6.16. The number of esters is 1. The molecular weight excluding hydrogens is 301 g/mol. The Balaban J connectivity index is 2.30. The van der Waals surface area contributed by atoms with Gasteiger partial charge in [-0.25, -0.2) is 4.79 Å². The van der Waals surface area contributed by atoms with Crippen LogP contribution in [-0.4, -0.2) is 18.2 Å². The molecule has 114 valence electrons. The van der Waals surface area contributed by atoms with Gasteiger partial charge >= 0.3 is 12.1 Å². The van der Waals surface area contributed by atoms with Gasteiger partial charge in [-0.05, 0) is 18.2 Å². The number of hydrogen-bond acceptors (Lipinski definition) is 5. The quantitative estimate of drug-likeness (QED) is 0.783. The summed E-state index contributed by atoms with van der Waals surface area (Å²) in [5.41, 5.74) is -1.69. The number of ether oxygens (including phenoxy) is 2. The molecule has 1 aliphatic rings. The minimum absolute atomic E-state index is 0.223. The van der Waals surface area contributed by atoms with Gasteiger partial charge in [0.15, 0.2) is 6.10 Å². The van der Waals surface area contributed by atoms with E-state index in [2.05, 4.69) is 0 Å². The molecule has 5 nitrogen and oxygen atoms in total. The number of nitriles is 2. The van der Waals surface area contributed by atoms with Gasteiger partial charge in [0.2, 0.25) is 6.10 Å². The molecule has 0 aromatic heterocycles. The molecule has 2 rings (SSSR count). The van der Waals surface area contributed by atoms with Crippen molar-refractivity contribution < 1.29 is 27.4 Å². The van der Waals surface area contributed by atoms with Crippen LogP contribution in [0, 0.1) is 28.6 Å². The summed E-state index contributed by atoms with van der Waals surface area (Å²) in [6, 6.07) is 5.99. The third kappa shape index (κ3) is 2.82. The SMILES string of the molecule is CC1C(C#N)OC(=O)C1Oc1ccc(C#N)c(C(F)(F)F)c1. The van der Waals surface area contributed by atoms with E-state index in [1.54, 1.807) is 6.07 Å². The average molecular weight is 310 g/mol. The topological polar surface area (TPSA) is 83.1 Å². The molecule has 0 amide bonds. The number of carbonyl (C=O) groups is 1. The van der Waals surface area contributed by atoms with Crippen molar-refractivity contribution in [2.75, 3.05) is 0 Å². The van der Waals surface area contributed by atoms with Crippen LogP contribution in [0.15, 0.2) is 18.2 Å². The van der Waals surface area contributed by atoms with Crippen molar-refractivity contribution in [2.45, 2.75) is 25.3 Å². The largest absolute Gasteiger partial charge is 0.478 e. The van der Waals surface area contributed by atoms with Gasteiger partial charge in [-0.2, -0.15) is 23.7 Å². The van der Waals surface area contributed by atoms with Crippen LogP contribution in [0.4, 0.5) is 13.2 Å². The summed E-state index contributed by atoms with van der Waals surface area (Å²) in [6.45, 7) is 1.53. The van der Waals surface area contributed by atoms with Gasteiger partial charge in [-0.1, -0.05) is 6.92 Å². The first-order valence-corrected chi connectivity index (χ1v) is 6.16. The zero-order valence-corrected chi connectivity index (χ0v) is 11.2. The summed E-state index contributed by atoms with van der Waals surface area (Å²) in [6.07, 6.45) is -6.89. The fourth-order valence-corrected chi connectivity index (χ4v) is 2.05. The van der Waals surface area contributed by atoms with E-state index in [0.29, 0.717) is 6.07 Å². The van der Waals surface area contributed by atoms with E-state index in [-0.39, 0.29) is 5.75 Å². The highest BCUT2D eigenvalue weighted by Crippen LogP contribution is 2.35. The zero-order chi connectivity index (χ0) is 16.5. The minimum Gasteiger partial charge on any atom is -0.478 e. The van der Waals surface area contributed by atoms with Crippen molar-refractivity contribution in [1.82, 2.24) is 0 Å². The molecule has 0 spiro atoms. The Kier molecular flexibility index (Phi) is 3.96. The van der Waals surface area contributed by atoms with E-state index in [9.17, 15) is 18.0 Å². The van der Waals surface area contributed by atoms with Gasteiger partial charge < -0.3 is 9.47 Å². The highest BCUT2D eigenvalue weighted by Gasteiger charge is 2.44. The van der Waals surface area contributed by atoms with Crippen molar-refractivity contribution in [1.29, 1.82) is 10.5 Å². The van der Waals surface area contributed by atoms with E-state index in [1.165, 1.54) is 13.0 Å². The van der Waals surface area contributed by atoms with Crippen molar-refractivity contribution in [2.24, 2.45) is 5.92 Å². The first kappa shape index (κ1) is 15.6. The molecule has 3 unspecified atom stereocenters. The summed E-state index contributed by atoms with van der Waals surface area (Å²) in [5, 5.41) is 17.5. The van der Waals surface area contributed by atoms with Crippen molar-refractivity contribution >= 4 is 5.97 Å². The Morgan fingerprint density at radius 3 is 2.50 bits per heavy atom. The van der Waals surface area contributed by atoms with Crippen LogP contribution in [0.25, 0.3) is 0 Å². The Hall–Kier alpha value is -2.74. The third-order valence-corrected chi connectivity index (χ3v) is 3.24. The van der Waals surface area contributed by atoms with Gasteiger partial charge in [0.1, 0.15) is 11.8 Å². The van der Waals surface area contributed by atoms with Gasteiger partial charge in [0.05, 0.1) is 23.1 Å². The molecular formula is C14H9F3N2O3. The second-order valence-corrected chi connectivity index (χ2v) is 4.70. The maximum atomic E-state index is 12.9. The van der Waals surface area contributed by atoms with E-state index in [0.717, 1.165) is 12.1 Å². The summed E-state index contributed by atoms with van der Waals surface area (Å²) >= 11 is 0. The van der Waals surface area contributed by atoms with E-state index in [1.807, 2.05) is 0 Å². The number of rotatable bonds is 2. The lowest BCUT2D eigenvalue weighted by atomic mass is 10.0. The zero-order valence-electron chi connectivity index (χ0n) is 11.2. The predicted octanol–water partition coefficient (Wildman–Crippen LogP) is 2.41. The number of nitrogens with zero attached hydrogens (tertiary/aromatic N) is 2. The molecule has 1 aromatic rings. The minimum atomic E-state index is -4.72. The van der Waals surface area contributed by atoms with Gasteiger partial charge in [0, 0.05) is 0 Å². The standard InChI is InChI=1S/C14H9F3N2O3/c1-7-11(6-19)22-13(20)12(7)21-9-3-2-8(5-18)10(4-9)14(15,16)17/h2-4,7,11-12H,1H3. The Bertz CT molecular complexity index is 688. The number of halogens is 3. The predicted molar refractivity (Wildman–Crippen MR) is 65.2 cm³/mol. The molecule has 0 saturated carbocycles. The number of hydrogen-bond donors (Lipinski definition) is 0. The molecule has 1 fully saturated rings. The average Bonchev–Trinajstić information content (AvgIpc) is 2.73. The lowest BCUT2D eigenvalue weighted by Crippen LogP contribution is -2.29. The molecule has 1 saturated heterocycles. The second kappa shape index (κ2) is 5.57. The van der Waals surface area contributed by atoms with Crippen LogP contribution in [0.2, 0.25) is 0 Å². The van der Waals surface area contributed by atoms with E-state index in [4.69, 9.17) is 20.0 Å². The summed E-state index contributed by atoms with van der Waals surface area (Å²) in [4.78, 5) is 11.6. The van der Waals surface area contributed by atoms with Crippen LogP contribution in [0.5, 0.6) is 5.75 Å². The molecule has 0 bridgehead atoms. The molecule has 1 heterocycles. The fourth-order valence-electron chi connectivity index (χ4n) is 2.05. The van der Waals surface area contributed by atoms with Gasteiger partial charge in [0.25, 0.3) is 0 Å². The molecule has 3 atom stereocenters. The molecule has 1 aliphatic heterocycles. The van der Waals surface area contributed by atoms with E-state index >= 15 is 0 Å². The lowest BCUT2D eigenvalue weighted by molar-refractivity contribution is -0.145. The molecule has 0 radical (unpaired) electrons. The number of carbonyl (C=O) groups excluding carboxylic acids is 1. The summed E-state index contributed by atoms with van der Waals surface area (Å²) < 4.78 is 48.6. The van der Waals surface area contributed by atoms with Crippen molar-refractivity contribution in [3.05, 3.63) is 29.3 Å². The Labute approximate surface area is 123 Å². The molecule has 0 aliphatic carbocycles. The Morgan fingerprint density at radius 1 is 1.32 bits per heavy atom. The Morgan fingerprint density at radius 2 is 2.00 bits per heavy atom. The normalized spacial score (nSPS) is 24.3. The van der Waals surface area contributed by atoms with Crippen molar-refractivity contribution in [3.63, 3.8) is 0 Å². The number of cyclic esters (lactones) is 1. The third-order valence-electron chi connectivity index (χ3n) is 3.24. The first-order chi connectivity index (χ1) is 10.3. The van der Waals surface area contributed by atoms with Crippen LogP contribution in [0.1, 0.15) is 18.1 Å². The highest BCUT2D eigenvalue weighted by atomic mass is 19.4. The lowest BCUT2D eigenvalue weighted by Gasteiger charge is -2.16. The summed E-state index contributed by atoms with van der Waals surface area (Å²) in [5.74, 6) is -1.65. The molecule has 22 heavy (non-hydrogen) atoms. The van der Waals surface area contributed by atoms with E-state index < -0.39 is 41.4 Å².